The van der Waals surface area contributed by atoms with E-state index in [1.165, 1.54) is 11.0 Å². The summed E-state index contributed by atoms with van der Waals surface area (Å²) in [5.74, 6) is -0.193. The van der Waals surface area contributed by atoms with Crippen LogP contribution < -0.4 is 5.73 Å². The topological polar surface area (TPSA) is 72.6 Å². The number of nitrogens with zero attached hydrogens (tertiary/aromatic N) is 1. The number of halogens is 1. The molecule has 1 heterocycles. The fourth-order valence-corrected chi connectivity index (χ4v) is 3.21. The number of anilines is 1. The van der Waals surface area contributed by atoms with Gasteiger partial charge in [0, 0.05) is 29.3 Å². The number of thioether (sulfide) groups is 1. The molecule has 2 rings (SSSR count). The maximum absolute atomic E-state index is 13.4. The van der Waals surface area contributed by atoms with Crippen molar-refractivity contribution in [3.63, 3.8) is 0 Å². The van der Waals surface area contributed by atoms with Crippen molar-refractivity contribution in [1.82, 2.24) is 4.90 Å². The van der Waals surface area contributed by atoms with Crippen molar-refractivity contribution in [3.8, 4) is 0 Å². The third-order valence-electron chi connectivity index (χ3n) is 3.12. The van der Waals surface area contributed by atoms with Gasteiger partial charge in [0.25, 0.3) is 5.91 Å². The van der Waals surface area contributed by atoms with Gasteiger partial charge in [-0.1, -0.05) is 0 Å². The van der Waals surface area contributed by atoms with Crippen LogP contribution in [0.15, 0.2) is 18.2 Å². The van der Waals surface area contributed by atoms with E-state index in [9.17, 15) is 14.0 Å². The number of rotatable bonds is 3. The summed E-state index contributed by atoms with van der Waals surface area (Å²) in [7, 11) is 0. The molecule has 1 saturated heterocycles. The van der Waals surface area contributed by atoms with Crippen molar-refractivity contribution >= 4 is 29.3 Å². The average molecular weight is 312 g/mol. The number of nitrogen functional groups attached to an aromatic ring is 1. The van der Waals surface area contributed by atoms with E-state index >= 15 is 0 Å². The molecule has 5 nitrogen and oxygen atoms in total. The maximum atomic E-state index is 13.4. The third-order valence-corrected chi connectivity index (χ3v) is 4.14. The second-order valence-corrected chi connectivity index (χ2v) is 5.76. The van der Waals surface area contributed by atoms with Crippen LogP contribution in [0.1, 0.15) is 17.3 Å². The highest BCUT2D eigenvalue weighted by Crippen LogP contribution is 2.21. The first kappa shape index (κ1) is 15.6. The van der Waals surface area contributed by atoms with Crippen molar-refractivity contribution in [2.24, 2.45) is 0 Å². The van der Waals surface area contributed by atoms with Crippen molar-refractivity contribution in [2.45, 2.75) is 13.0 Å². The molecule has 1 fully saturated rings. The largest absolute Gasteiger partial charge is 0.464 e. The molecule has 0 radical (unpaired) electrons. The zero-order chi connectivity index (χ0) is 15.4. The van der Waals surface area contributed by atoms with Gasteiger partial charge in [0.15, 0.2) is 0 Å². The zero-order valence-corrected chi connectivity index (χ0v) is 12.5. The minimum atomic E-state index is -0.638. The lowest BCUT2D eigenvalue weighted by Crippen LogP contribution is -2.51. The summed E-state index contributed by atoms with van der Waals surface area (Å²) in [6.45, 7) is 2.39. The lowest BCUT2D eigenvalue weighted by Gasteiger charge is -2.33. The lowest BCUT2D eigenvalue weighted by molar-refractivity contribution is -0.147. The third kappa shape index (κ3) is 3.66. The Morgan fingerprint density at radius 1 is 1.48 bits per heavy atom. The molecule has 1 atom stereocenters. The monoisotopic (exact) mass is 312 g/mol. The summed E-state index contributed by atoms with van der Waals surface area (Å²) in [4.78, 5) is 25.9. The van der Waals surface area contributed by atoms with Crippen LogP contribution in [0.25, 0.3) is 0 Å². The molecule has 1 unspecified atom stereocenters. The molecule has 1 amide bonds. The molecule has 0 saturated carbocycles. The van der Waals surface area contributed by atoms with Gasteiger partial charge < -0.3 is 15.4 Å². The molecule has 114 valence electrons. The van der Waals surface area contributed by atoms with Crippen LogP contribution in [-0.4, -0.2) is 47.5 Å². The van der Waals surface area contributed by atoms with E-state index in [0.717, 1.165) is 17.9 Å². The Labute approximate surface area is 126 Å². The fraction of sp³-hybridized carbons (Fsp3) is 0.429. The summed E-state index contributed by atoms with van der Waals surface area (Å²) >= 11 is 1.59. The Hall–Kier alpha value is -1.76. The van der Waals surface area contributed by atoms with Crippen molar-refractivity contribution in [3.05, 3.63) is 29.6 Å². The Kier molecular flexibility index (Phi) is 5.06. The number of carbonyl (C=O) groups is 2. The van der Waals surface area contributed by atoms with Crippen LogP contribution in [0.4, 0.5) is 10.1 Å². The highest BCUT2D eigenvalue weighted by Gasteiger charge is 2.34. The quantitative estimate of drug-likeness (QED) is 0.677. The summed E-state index contributed by atoms with van der Waals surface area (Å²) in [6.07, 6.45) is 0. The van der Waals surface area contributed by atoms with Crippen molar-refractivity contribution in [1.29, 1.82) is 0 Å². The number of benzene rings is 1. The van der Waals surface area contributed by atoms with E-state index in [0.29, 0.717) is 12.3 Å². The van der Waals surface area contributed by atoms with Gasteiger partial charge in [-0.05, 0) is 25.1 Å². The molecule has 1 aliphatic heterocycles. The van der Waals surface area contributed by atoms with Crippen LogP contribution in [0.5, 0.6) is 0 Å². The minimum Gasteiger partial charge on any atom is -0.464 e. The molecule has 0 aromatic heterocycles. The number of hydrogen-bond acceptors (Lipinski definition) is 5. The van der Waals surface area contributed by atoms with Gasteiger partial charge in [-0.25, -0.2) is 9.18 Å². The van der Waals surface area contributed by atoms with E-state index in [-0.39, 0.29) is 17.9 Å². The van der Waals surface area contributed by atoms with Gasteiger partial charge in [0.05, 0.1) is 6.61 Å². The van der Waals surface area contributed by atoms with Crippen LogP contribution in [0.3, 0.4) is 0 Å². The van der Waals surface area contributed by atoms with E-state index in [4.69, 9.17) is 10.5 Å². The molecule has 7 heteroatoms. The number of hydrogen-bond donors (Lipinski definition) is 1. The van der Waals surface area contributed by atoms with Crippen molar-refractivity contribution < 1.29 is 18.7 Å². The fourth-order valence-electron chi connectivity index (χ4n) is 2.18. The van der Waals surface area contributed by atoms with Crippen LogP contribution in [0, 0.1) is 5.82 Å². The molecule has 1 aromatic rings. The normalized spacial score (nSPS) is 18.4. The molecule has 0 aliphatic carbocycles. The Balaban J connectivity index is 2.24. The molecule has 21 heavy (non-hydrogen) atoms. The number of esters is 1. The predicted octanol–water partition coefficient (Wildman–Crippen LogP) is 1.53. The molecule has 1 aromatic carbocycles. The Morgan fingerprint density at radius 3 is 2.90 bits per heavy atom. The first-order valence-corrected chi connectivity index (χ1v) is 7.79. The van der Waals surface area contributed by atoms with Gasteiger partial charge in [-0.2, -0.15) is 11.8 Å². The molecule has 1 aliphatic rings. The van der Waals surface area contributed by atoms with Gasteiger partial charge >= 0.3 is 5.97 Å². The maximum Gasteiger partial charge on any atom is 0.329 e. The summed E-state index contributed by atoms with van der Waals surface area (Å²) in [5, 5.41) is 0. The predicted molar refractivity (Wildman–Crippen MR) is 79.6 cm³/mol. The van der Waals surface area contributed by atoms with E-state index in [1.807, 2.05) is 0 Å². The van der Waals surface area contributed by atoms with E-state index in [2.05, 4.69) is 0 Å². The summed E-state index contributed by atoms with van der Waals surface area (Å²) < 4.78 is 18.4. The molecular formula is C14H17FN2O3S. The zero-order valence-electron chi connectivity index (χ0n) is 11.7. The van der Waals surface area contributed by atoms with Crippen LogP contribution in [-0.2, 0) is 9.53 Å². The number of nitrogens with two attached hydrogens (primary N) is 1. The second-order valence-electron chi connectivity index (χ2n) is 4.61. The van der Waals surface area contributed by atoms with Crippen molar-refractivity contribution in [2.75, 3.05) is 30.4 Å². The van der Waals surface area contributed by atoms with Crippen LogP contribution in [0.2, 0.25) is 0 Å². The average Bonchev–Trinajstić information content (AvgIpc) is 2.45. The first-order valence-electron chi connectivity index (χ1n) is 6.64. The van der Waals surface area contributed by atoms with Crippen LogP contribution >= 0.6 is 11.8 Å². The first-order chi connectivity index (χ1) is 10.0. The molecule has 0 bridgehead atoms. The van der Waals surface area contributed by atoms with Gasteiger partial charge in [-0.15, -0.1) is 0 Å². The SMILES string of the molecule is CCOC(=O)C1CSCCN1C(=O)c1cc(N)cc(F)c1. The Bertz CT molecular complexity index is 533. The summed E-state index contributed by atoms with van der Waals surface area (Å²) in [5.41, 5.74) is 5.89. The number of ether oxygens (including phenoxy) is 1. The summed E-state index contributed by atoms with van der Waals surface area (Å²) in [6, 6.07) is 3.05. The second kappa shape index (κ2) is 6.80. The Morgan fingerprint density at radius 2 is 2.24 bits per heavy atom. The molecule has 2 N–H and O–H groups in total. The van der Waals surface area contributed by atoms with Gasteiger partial charge in [0.2, 0.25) is 0 Å². The number of carbonyl (C=O) groups excluding carboxylic acids is 2. The smallest absolute Gasteiger partial charge is 0.329 e. The number of amides is 1. The molecule has 0 spiro atoms. The van der Waals surface area contributed by atoms with Gasteiger partial charge in [0.1, 0.15) is 11.9 Å². The highest BCUT2D eigenvalue weighted by atomic mass is 32.2. The van der Waals surface area contributed by atoms with E-state index < -0.39 is 23.7 Å². The minimum absolute atomic E-state index is 0.147. The molecular weight excluding hydrogens is 295 g/mol. The lowest BCUT2D eigenvalue weighted by atomic mass is 10.1. The van der Waals surface area contributed by atoms with E-state index in [1.54, 1.807) is 18.7 Å². The standard InChI is InChI=1S/C14H17FN2O3S/c1-2-20-14(19)12-8-21-4-3-17(12)13(18)9-5-10(15)7-11(16)6-9/h5-7,12H,2-4,8,16H2,1H3. The highest BCUT2D eigenvalue weighted by molar-refractivity contribution is 7.99. The van der Waals surface area contributed by atoms with Gasteiger partial charge in [-0.3, -0.25) is 4.79 Å².